The van der Waals surface area contributed by atoms with Crippen LogP contribution in [0.2, 0.25) is 0 Å². The van der Waals surface area contributed by atoms with Gasteiger partial charge in [-0.3, -0.25) is 9.69 Å². The van der Waals surface area contributed by atoms with Crippen LogP contribution >= 0.6 is 0 Å². The number of ether oxygens (including phenoxy) is 1. The van der Waals surface area contributed by atoms with Crippen LogP contribution in [0, 0.1) is 5.82 Å². The number of piperazine rings is 1. The minimum absolute atomic E-state index is 0.00439. The second kappa shape index (κ2) is 12.2. The van der Waals surface area contributed by atoms with Crippen LogP contribution < -0.4 is 9.64 Å². The SMILES string of the molecule is O=C(C=Cc1ccc(OCc2ccc(F)cc2)cc1)N1CCc2cnc(N3CCN(C4CCC4)CC3)nc2CC1. The molecule has 1 aliphatic carbocycles. The summed E-state index contributed by atoms with van der Waals surface area (Å²) in [5.74, 6) is 1.30. The van der Waals surface area contributed by atoms with Crippen LogP contribution in [0.15, 0.2) is 60.8 Å². The number of rotatable bonds is 7. The fourth-order valence-corrected chi connectivity index (χ4v) is 5.57. The average Bonchev–Trinajstić information content (AvgIpc) is 3.18. The van der Waals surface area contributed by atoms with Gasteiger partial charge in [0.05, 0.1) is 5.69 Å². The number of halogens is 1. The van der Waals surface area contributed by atoms with E-state index in [1.807, 2.05) is 41.4 Å². The molecule has 3 aliphatic rings. The maximum atomic E-state index is 13.1. The van der Waals surface area contributed by atoms with E-state index >= 15 is 0 Å². The molecule has 1 aromatic heterocycles. The Morgan fingerprint density at radius 3 is 2.42 bits per heavy atom. The molecule has 0 radical (unpaired) electrons. The summed E-state index contributed by atoms with van der Waals surface area (Å²) < 4.78 is 18.8. The molecule has 2 fully saturated rings. The molecule has 0 bridgehead atoms. The fourth-order valence-electron chi connectivity index (χ4n) is 5.57. The Labute approximate surface area is 235 Å². The highest BCUT2D eigenvalue weighted by Gasteiger charge is 2.29. The highest BCUT2D eigenvalue weighted by atomic mass is 19.1. The number of aromatic nitrogens is 2. The Hall–Kier alpha value is -3.78. The Morgan fingerprint density at radius 2 is 1.70 bits per heavy atom. The van der Waals surface area contributed by atoms with E-state index < -0.39 is 0 Å². The predicted octanol–water partition coefficient (Wildman–Crippen LogP) is 4.51. The van der Waals surface area contributed by atoms with E-state index in [0.29, 0.717) is 19.7 Å². The molecule has 208 valence electrons. The van der Waals surface area contributed by atoms with Gasteiger partial charge in [-0.25, -0.2) is 14.4 Å². The largest absolute Gasteiger partial charge is 0.489 e. The fraction of sp³-hybridized carbons (Fsp3) is 0.406. The molecule has 6 rings (SSSR count). The number of hydrogen-bond donors (Lipinski definition) is 0. The Kier molecular flexibility index (Phi) is 8.04. The van der Waals surface area contributed by atoms with Crippen LogP contribution in [-0.4, -0.2) is 71.0 Å². The van der Waals surface area contributed by atoms with Crippen molar-refractivity contribution in [2.75, 3.05) is 44.2 Å². The number of nitrogens with zero attached hydrogens (tertiary/aromatic N) is 5. The van der Waals surface area contributed by atoms with E-state index in [4.69, 9.17) is 14.7 Å². The summed E-state index contributed by atoms with van der Waals surface area (Å²) in [6, 6.07) is 14.7. The summed E-state index contributed by atoms with van der Waals surface area (Å²) in [7, 11) is 0. The zero-order valence-corrected chi connectivity index (χ0v) is 22.8. The highest BCUT2D eigenvalue weighted by Crippen LogP contribution is 2.26. The third-order valence-electron chi connectivity index (χ3n) is 8.33. The lowest BCUT2D eigenvalue weighted by Crippen LogP contribution is -2.52. The summed E-state index contributed by atoms with van der Waals surface area (Å²) in [6.07, 6.45) is 11.0. The van der Waals surface area contributed by atoms with Crippen molar-refractivity contribution in [1.82, 2.24) is 19.8 Å². The quantitative estimate of drug-likeness (QED) is 0.411. The number of carbonyl (C=O) groups is 1. The number of fused-ring (bicyclic) bond motifs is 1. The molecule has 3 heterocycles. The minimum Gasteiger partial charge on any atom is -0.489 e. The van der Waals surface area contributed by atoms with E-state index in [1.54, 1.807) is 18.2 Å². The first-order chi connectivity index (χ1) is 19.6. The average molecular weight is 542 g/mol. The van der Waals surface area contributed by atoms with Gasteiger partial charge in [0.15, 0.2) is 0 Å². The van der Waals surface area contributed by atoms with Crippen molar-refractivity contribution >= 4 is 17.9 Å². The third kappa shape index (κ3) is 6.33. The van der Waals surface area contributed by atoms with Crippen molar-refractivity contribution in [2.45, 2.75) is 44.8 Å². The smallest absolute Gasteiger partial charge is 0.246 e. The summed E-state index contributed by atoms with van der Waals surface area (Å²) >= 11 is 0. The summed E-state index contributed by atoms with van der Waals surface area (Å²) in [4.78, 5) is 29.5. The van der Waals surface area contributed by atoms with Crippen molar-refractivity contribution in [3.8, 4) is 5.75 Å². The maximum Gasteiger partial charge on any atom is 0.246 e. The first kappa shape index (κ1) is 26.4. The van der Waals surface area contributed by atoms with E-state index in [2.05, 4.69) is 9.80 Å². The normalized spacial score (nSPS) is 18.3. The lowest BCUT2D eigenvalue weighted by molar-refractivity contribution is -0.125. The van der Waals surface area contributed by atoms with Gasteiger partial charge in [0, 0.05) is 64.0 Å². The summed E-state index contributed by atoms with van der Waals surface area (Å²) in [6.45, 7) is 5.82. The van der Waals surface area contributed by atoms with Gasteiger partial charge < -0.3 is 14.5 Å². The zero-order chi connectivity index (χ0) is 27.3. The number of anilines is 1. The molecule has 3 aromatic rings. The van der Waals surface area contributed by atoms with Gasteiger partial charge in [0.1, 0.15) is 18.2 Å². The van der Waals surface area contributed by atoms with Gasteiger partial charge in [-0.05, 0) is 66.3 Å². The zero-order valence-electron chi connectivity index (χ0n) is 22.8. The molecule has 2 aromatic carbocycles. The molecule has 0 unspecified atom stereocenters. The standard InChI is InChI=1S/C32H36FN5O2/c33-27-9-4-25(5-10-27)23-40-29-11-6-24(7-12-29)8-13-31(39)37-16-14-26-22-34-32(35-30(26)15-17-37)38-20-18-36(19-21-38)28-2-1-3-28/h4-13,22,28H,1-3,14-21,23H2. The first-order valence-electron chi connectivity index (χ1n) is 14.4. The number of amides is 1. The Bertz CT molecular complexity index is 1330. The van der Waals surface area contributed by atoms with Gasteiger partial charge in [-0.1, -0.05) is 30.7 Å². The third-order valence-corrected chi connectivity index (χ3v) is 8.33. The topological polar surface area (TPSA) is 61.8 Å². The summed E-state index contributed by atoms with van der Waals surface area (Å²) in [5.41, 5.74) is 4.04. The second-order valence-corrected chi connectivity index (χ2v) is 10.9. The van der Waals surface area contributed by atoms with E-state index in [1.165, 1.54) is 31.4 Å². The first-order valence-corrected chi connectivity index (χ1v) is 14.4. The van der Waals surface area contributed by atoms with E-state index in [9.17, 15) is 9.18 Å². The van der Waals surface area contributed by atoms with Crippen LogP contribution in [0.3, 0.4) is 0 Å². The van der Waals surface area contributed by atoms with Crippen molar-refractivity contribution in [3.63, 3.8) is 0 Å². The highest BCUT2D eigenvalue weighted by molar-refractivity contribution is 5.91. The molecule has 1 saturated carbocycles. The molecule has 2 aliphatic heterocycles. The van der Waals surface area contributed by atoms with E-state index in [0.717, 1.165) is 79.1 Å². The number of carbonyl (C=O) groups excluding carboxylic acids is 1. The maximum absolute atomic E-state index is 13.1. The van der Waals surface area contributed by atoms with Crippen LogP contribution in [-0.2, 0) is 24.2 Å². The van der Waals surface area contributed by atoms with Gasteiger partial charge >= 0.3 is 0 Å². The molecule has 1 amide bonds. The van der Waals surface area contributed by atoms with Gasteiger partial charge in [0.25, 0.3) is 0 Å². The lowest BCUT2D eigenvalue weighted by atomic mass is 9.91. The van der Waals surface area contributed by atoms with Crippen LogP contribution in [0.4, 0.5) is 10.3 Å². The van der Waals surface area contributed by atoms with Crippen molar-refractivity contribution in [2.24, 2.45) is 0 Å². The molecule has 40 heavy (non-hydrogen) atoms. The van der Waals surface area contributed by atoms with Crippen LogP contribution in [0.25, 0.3) is 6.08 Å². The van der Waals surface area contributed by atoms with Crippen molar-refractivity contribution in [3.05, 3.63) is 89.0 Å². The summed E-state index contributed by atoms with van der Waals surface area (Å²) in [5, 5.41) is 0. The molecule has 1 saturated heterocycles. The number of benzene rings is 2. The van der Waals surface area contributed by atoms with Crippen molar-refractivity contribution in [1.29, 1.82) is 0 Å². The van der Waals surface area contributed by atoms with Crippen LogP contribution in [0.1, 0.15) is 41.6 Å². The second-order valence-electron chi connectivity index (χ2n) is 10.9. The lowest BCUT2D eigenvalue weighted by Gasteiger charge is -2.43. The minimum atomic E-state index is -0.259. The van der Waals surface area contributed by atoms with Crippen LogP contribution in [0.5, 0.6) is 5.75 Å². The predicted molar refractivity (Wildman–Crippen MR) is 154 cm³/mol. The molecule has 0 spiro atoms. The monoisotopic (exact) mass is 541 g/mol. The van der Waals surface area contributed by atoms with Gasteiger partial charge in [-0.15, -0.1) is 0 Å². The molecule has 7 nitrogen and oxygen atoms in total. The number of hydrogen-bond acceptors (Lipinski definition) is 6. The van der Waals surface area contributed by atoms with Gasteiger partial charge in [0.2, 0.25) is 11.9 Å². The Balaban J connectivity index is 0.995. The molecule has 8 heteroatoms. The molecular weight excluding hydrogens is 505 g/mol. The molecule has 0 atom stereocenters. The molecular formula is C32H36FN5O2. The van der Waals surface area contributed by atoms with E-state index in [-0.39, 0.29) is 11.7 Å². The molecule has 0 N–H and O–H groups in total. The van der Waals surface area contributed by atoms with Crippen molar-refractivity contribution < 1.29 is 13.9 Å². The van der Waals surface area contributed by atoms with Gasteiger partial charge in [-0.2, -0.15) is 0 Å². The Morgan fingerprint density at radius 1 is 0.950 bits per heavy atom.